The molecule has 0 bridgehead atoms. The summed E-state index contributed by atoms with van der Waals surface area (Å²) in [5.74, 6) is -0.113. The summed E-state index contributed by atoms with van der Waals surface area (Å²) in [5, 5.41) is 3.18. The van der Waals surface area contributed by atoms with Gasteiger partial charge in [-0.1, -0.05) is 36.4 Å². The molecule has 1 aromatic heterocycles. The second kappa shape index (κ2) is 7.72. The molecule has 2 N–H and O–H groups in total. The number of likely N-dealkylation sites (tertiary alicyclic amines) is 1. The number of aromatic amines is 1. The quantitative estimate of drug-likeness (QED) is 0.704. The van der Waals surface area contributed by atoms with E-state index in [1.165, 1.54) is 10.1 Å². The van der Waals surface area contributed by atoms with Gasteiger partial charge in [0.1, 0.15) is 0 Å². The van der Waals surface area contributed by atoms with Gasteiger partial charge in [-0.2, -0.15) is 0 Å². The molecule has 0 saturated carbocycles. The molecule has 29 heavy (non-hydrogen) atoms. The molecule has 1 aliphatic rings. The number of hydrogen-bond donors (Lipinski definition) is 2. The summed E-state index contributed by atoms with van der Waals surface area (Å²) >= 11 is 0. The number of H-pyrrole nitrogens is 1. The molecule has 1 amide bonds. The average Bonchev–Trinajstić information content (AvgIpc) is 3.25. The van der Waals surface area contributed by atoms with Crippen LogP contribution >= 0.6 is 0 Å². The van der Waals surface area contributed by atoms with Crippen LogP contribution < -0.4 is 11.0 Å². The van der Waals surface area contributed by atoms with Gasteiger partial charge in [-0.15, -0.1) is 0 Å². The molecular weight excluding hydrogens is 364 g/mol. The zero-order chi connectivity index (χ0) is 20.4. The number of imidazole rings is 1. The predicted octanol–water partition coefficient (Wildman–Crippen LogP) is 2.95. The SMILES string of the molecule is CC1(C)CC(NC(=O)c2cccc(-n3cc[nH]c3=O)c2)CN1Cc1ccccc1. The Balaban J connectivity index is 1.45. The lowest BCUT2D eigenvalue weighted by Gasteiger charge is -2.31. The highest BCUT2D eigenvalue weighted by Crippen LogP contribution is 2.30. The van der Waals surface area contributed by atoms with Crippen molar-refractivity contribution in [3.05, 3.63) is 88.6 Å². The van der Waals surface area contributed by atoms with Gasteiger partial charge in [0.25, 0.3) is 5.91 Å². The van der Waals surface area contributed by atoms with Crippen LogP contribution in [-0.2, 0) is 6.54 Å². The fourth-order valence-corrected chi connectivity index (χ4v) is 4.08. The molecule has 1 atom stereocenters. The van der Waals surface area contributed by atoms with Crippen molar-refractivity contribution in [1.29, 1.82) is 0 Å². The summed E-state index contributed by atoms with van der Waals surface area (Å²) in [6.45, 7) is 6.12. The van der Waals surface area contributed by atoms with Crippen LogP contribution in [-0.4, -0.2) is 38.5 Å². The number of carbonyl (C=O) groups excluding carboxylic acids is 1. The number of rotatable bonds is 5. The molecule has 2 aromatic carbocycles. The minimum Gasteiger partial charge on any atom is -0.348 e. The zero-order valence-electron chi connectivity index (χ0n) is 16.8. The Kier molecular flexibility index (Phi) is 5.11. The number of carbonyl (C=O) groups is 1. The third kappa shape index (κ3) is 4.17. The van der Waals surface area contributed by atoms with Crippen LogP contribution in [0, 0.1) is 0 Å². The molecule has 6 heteroatoms. The maximum atomic E-state index is 12.9. The number of aromatic nitrogens is 2. The van der Waals surface area contributed by atoms with Gasteiger partial charge in [0.05, 0.1) is 5.69 Å². The molecule has 0 radical (unpaired) electrons. The fraction of sp³-hybridized carbons (Fsp3) is 0.304. The summed E-state index contributed by atoms with van der Waals surface area (Å²) < 4.78 is 1.48. The Morgan fingerprint density at radius 1 is 1.17 bits per heavy atom. The Hall–Kier alpha value is -3.12. The van der Waals surface area contributed by atoms with Crippen LogP contribution in [0.1, 0.15) is 36.2 Å². The Morgan fingerprint density at radius 3 is 2.69 bits per heavy atom. The first-order valence-electron chi connectivity index (χ1n) is 9.89. The Labute approximate surface area is 170 Å². The van der Waals surface area contributed by atoms with Crippen molar-refractivity contribution in [2.75, 3.05) is 6.54 Å². The highest BCUT2D eigenvalue weighted by atomic mass is 16.2. The van der Waals surface area contributed by atoms with Gasteiger partial charge in [-0.05, 0) is 44.0 Å². The maximum Gasteiger partial charge on any atom is 0.330 e. The van der Waals surface area contributed by atoms with Crippen molar-refractivity contribution in [2.45, 2.75) is 38.4 Å². The summed E-state index contributed by atoms with van der Waals surface area (Å²) in [6.07, 6.45) is 4.12. The van der Waals surface area contributed by atoms with E-state index >= 15 is 0 Å². The molecule has 2 heterocycles. The molecule has 3 aromatic rings. The third-order valence-electron chi connectivity index (χ3n) is 5.63. The predicted molar refractivity (Wildman–Crippen MR) is 113 cm³/mol. The van der Waals surface area contributed by atoms with E-state index < -0.39 is 0 Å². The van der Waals surface area contributed by atoms with Crippen molar-refractivity contribution in [3.8, 4) is 5.69 Å². The minimum absolute atomic E-state index is 0.00801. The van der Waals surface area contributed by atoms with E-state index in [0.29, 0.717) is 11.3 Å². The van der Waals surface area contributed by atoms with Gasteiger partial charge in [0.2, 0.25) is 0 Å². The number of nitrogens with zero attached hydrogens (tertiary/aromatic N) is 2. The number of nitrogens with one attached hydrogen (secondary N) is 2. The first kappa shape index (κ1) is 19.2. The summed E-state index contributed by atoms with van der Waals surface area (Å²) in [7, 11) is 0. The number of hydrogen-bond acceptors (Lipinski definition) is 3. The van der Waals surface area contributed by atoms with Gasteiger partial charge in [0.15, 0.2) is 0 Å². The lowest BCUT2D eigenvalue weighted by molar-refractivity contribution is 0.0937. The van der Waals surface area contributed by atoms with Crippen molar-refractivity contribution in [1.82, 2.24) is 19.8 Å². The zero-order valence-corrected chi connectivity index (χ0v) is 16.8. The highest BCUT2D eigenvalue weighted by Gasteiger charge is 2.38. The van der Waals surface area contributed by atoms with Crippen molar-refractivity contribution in [3.63, 3.8) is 0 Å². The maximum absolute atomic E-state index is 12.9. The molecule has 1 fully saturated rings. The first-order valence-corrected chi connectivity index (χ1v) is 9.89. The Bertz CT molecular complexity index is 1050. The standard InChI is InChI=1S/C23H26N4O2/c1-23(2)14-19(16-26(23)15-17-7-4-3-5-8-17)25-21(28)18-9-6-10-20(13-18)27-12-11-24-22(27)29/h3-13,19H,14-16H2,1-2H3,(H,24,29)(H,25,28). The second-order valence-corrected chi connectivity index (χ2v) is 8.24. The summed E-state index contributed by atoms with van der Waals surface area (Å²) in [4.78, 5) is 29.7. The summed E-state index contributed by atoms with van der Waals surface area (Å²) in [6, 6.07) is 17.6. The van der Waals surface area contributed by atoms with Crippen LogP contribution in [0.5, 0.6) is 0 Å². The summed E-state index contributed by atoms with van der Waals surface area (Å²) in [5.41, 5.74) is 2.28. The van der Waals surface area contributed by atoms with Crippen LogP contribution in [0.2, 0.25) is 0 Å². The fourth-order valence-electron chi connectivity index (χ4n) is 4.08. The number of benzene rings is 2. The molecule has 1 aliphatic heterocycles. The van der Waals surface area contributed by atoms with Crippen molar-refractivity contribution >= 4 is 5.91 Å². The Morgan fingerprint density at radius 2 is 1.97 bits per heavy atom. The van der Waals surface area contributed by atoms with Crippen molar-refractivity contribution in [2.24, 2.45) is 0 Å². The van der Waals surface area contributed by atoms with Crippen LogP contribution in [0.4, 0.5) is 0 Å². The topological polar surface area (TPSA) is 70.1 Å². The molecule has 1 saturated heterocycles. The van der Waals surface area contributed by atoms with Gasteiger partial charge in [-0.3, -0.25) is 14.3 Å². The molecular formula is C23H26N4O2. The highest BCUT2D eigenvalue weighted by molar-refractivity contribution is 5.95. The second-order valence-electron chi connectivity index (χ2n) is 8.24. The van der Waals surface area contributed by atoms with E-state index in [1.54, 1.807) is 30.6 Å². The minimum atomic E-state index is -0.225. The molecule has 4 rings (SSSR count). The van der Waals surface area contributed by atoms with Gasteiger partial charge in [0, 0.05) is 42.6 Å². The third-order valence-corrected chi connectivity index (χ3v) is 5.63. The van der Waals surface area contributed by atoms with Gasteiger partial charge in [-0.25, -0.2) is 4.79 Å². The largest absolute Gasteiger partial charge is 0.348 e. The molecule has 6 nitrogen and oxygen atoms in total. The van der Waals surface area contributed by atoms with Crippen LogP contribution in [0.15, 0.2) is 71.8 Å². The van der Waals surface area contributed by atoms with Crippen molar-refractivity contribution < 1.29 is 4.79 Å². The van der Waals surface area contributed by atoms with Crippen LogP contribution in [0.25, 0.3) is 5.69 Å². The average molecular weight is 390 g/mol. The van der Waals surface area contributed by atoms with E-state index in [1.807, 2.05) is 12.1 Å². The lowest BCUT2D eigenvalue weighted by atomic mass is 9.99. The number of amides is 1. The van der Waals surface area contributed by atoms with E-state index in [-0.39, 0.29) is 23.2 Å². The van der Waals surface area contributed by atoms with E-state index in [0.717, 1.165) is 19.5 Å². The normalized spacial score (nSPS) is 18.6. The molecule has 1 unspecified atom stereocenters. The molecule has 0 aliphatic carbocycles. The molecule has 0 spiro atoms. The van der Waals surface area contributed by atoms with Crippen LogP contribution in [0.3, 0.4) is 0 Å². The van der Waals surface area contributed by atoms with E-state index in [2.05, 4.69) is 53.3 Å². The lowest BCUT2D eigenvalue weighted by Crippen LogP contribution is -2.38. The molecule has 150 valence electrons. The monoisotopic (exact) mass is 390 g/mol. The van der Waals surface area contributed by atoms with E-state index in [9.17, 15) is 9.59 Å². The smallest absolute Gasteiger partial charge is 0.330 e. The van der Waals surface area contributed by atoms with Gasteiger partial charge < -0.3 is 10.3 Å². The first-order chi connectivity index (χ1) is 13.9. The van der Waals surface area contributed by atoms with Gasteiger partial charge >= 0.3 is 5.69 Å². The van der Waals surface area contributed by atoms with E-state index in [4.69, 9.17) is 0 Å².